The smallest absolute Gasteiger partial charge is 0.272 e. The summed E-state index contributed by atoms with van der Waals surface area (Å²) in [6, 6.07) is 13.1. The van der Waals surface area contributed by atoms with Crippen molar-refractivity contribution in [2.75, 3.05) is 0 Å². The number of hydrogen-bond donors (Lipinski definition) is 1. The molecule has 0 saturated carbocycles. The van der Waals surface area contributed by atoms with Gasteiger partial charge < -0.3 is 4.57 Å². The lowest BCUT2D eigenvalue weighted by Crippen LogP contribution is -2.17. The summed E-state index contributed by atoms with van der Waals surface area (Å²) in [5.74, 6) is -0.363. The number of pyridine rings is 1. The van der Waals surface area contributed by atoms with Gasteiger partial charge in [-0.2, -0.15) is 5.10 Å². The first-order chi connectivity index (χ1) is 12.1. The van der Waals surface area contributed by atoms with Gasteiger partial charge in [0.15, 0.2) is 0 Å². The van der Waals surface area contributed by atoms with Crippen molar-refractivity contribution < 1.29 is 9.72 Å². The molecule has 0 fully saturated rings. The summed E-state index contributed by atoms with van der Waals surface area (Å²) >= 11 is 0. The molecule has 124 valence electrons. The van der Waals surface area contributed by atoms with Gasteiger partial charge in [-0.15, -0.1) is 0 Å². The number of amides is 1. The number of nitro groups is 1. The SMILES string of the molecule is O=C(N/N=C\c1cccn1-c1ccc([N+](=O)[O-])cc1)c1cccnc1. The molecule has 0 aliphatic rings. The van der Waals surface area contributed by atoms with Gasteiger partial charge in [0.1, 0.15) is 0 Å². The molecule has 3 rings (SSSR count). The van der Waals surface area contributed by atoms with E-state index in [0.717, 1.165) is 5.69 Å². The molecule has 0 saturated heterocycles. The van der Waals surface area contributed by atoms with Crippen LogP contribution in [0.1, 0.15) is 16.1 Å². The van der Waals surface area contributed by atoms with E-state index in [1.165, 1.54) is 24.5 Å². The molecule has 2 heterocycles. The number of hydrogen-bond acceptors (Lipinski definition) is 5. The first kappa shape index (κ1) is 16.1. The average Bonchev–Trinajstić information content (AvgIpc) is 3.11. The number of hydrazone groups is 1. The van der Waals surface area contributed by atoms with E-state index in [1.807, 2.05) is 6.07 Å². The van der Waals surface area contributed by atoms with Gasteiger partial charge in [-0.05, 0) is 36.4 Å². The van der Waals surface area contributed by atoms with Crippen molar-refractivity contribution in [2.45, 2.75) is 0 Å². The third kappa shape index (κ3) is 3.75. The van der Waals surface area contributed by atoms with Crippen LogP contribution >= 0.6 is 0 Å². The lowest BCUT2D eigenvalue weighted by atomic mass is 10.3. The van der Waals surface area contributed by atoms with Gasteiger partial charge in [-0.25, -0.2) is 5.43 Å². The Bertz CT molecular complexity index is 917. The fourth-order valence-corrected chi connectivity index (χ4v) is 2.19. The molecule has 0 atom stereocenters. The van der Waals surface area contributed by atoms with E-state index in [0.29, 0.717) is 11.3 Å². The Labute approximate surface area is 142 Å². The first-order valence-electron chi connectivity index (χ1n) is 7.31. The van der Waals surface area contributed by atoms with Crippen LogP contribution in [0.5, 0.6) is 0 Å². The van der Waals surface area contributed by atoms with Crippen LogP contribution in [0.25, 0.3) is 5.69 Å². The molecule has 0 unspecified atom stereocenters. The highest BCUT2D eigenvalue weighted by atomic mass is 16.6. The Balaban J connectivity index is 1.73. The number of nitrogens with zero attached hydrogens (tertiary/aromatic N) is 4. The van der Waals surface area contributed by atoms with Gasteiger partial charge >= 0.3 is 0 Å². The Morgan fingerprint density at radius 2 is 2.00 bits per heavy atom. The van der Waals surface area contributed by atoms with Crippen LogP contribution in [0.4, 0.5) is 5.69 Å². The standard InChI is InChI=1S/C17H13N5O3/c23-17(13-3-1-9-18-11-13)20-19-12-16-4-2-10-21(16)14-5-7-15(8-6-14)22(24)25/h1-12H,(H,20,23)/b19-12-. The molecule has 0 spiro atoms. The van der Waals surface area contributed by atoms with Crippen molar-refractivity contribution in [2.24, 2.45) is 5.10 Å². The van der Waals surface area contributed by atoms with Crippen LogP contribution < -0.4 is 5.43 Å². The minimum Gasteiger partial charge on any atom is -0.316 e. The van der Waals surface area contributed by atoms with Gasteiger partial charge in [0, 0.05) is 36.4 Å². The normalized spacial score (nSPS) is 10.7. The summed E-state index contributed by atoms with van der Waals surface area (Å²) in [5, 5.41) is 14.7. The van der Waals surface area contributed by atoms with Crippen molar-refractivity contribution >= 4 is 17.8 Å². The topological polar surface area (TPSA) is 102 Å². The molecule has 2 aromatic heterocycles. The minimum absolute atomic E-state index is 0.0230. The maximum absolute atomic E-state index is 11.9. The van der Waals surface area contributed by atoms with E-state index in [4.69, 9.17) is 0 Å². The molecule has 1 N–H and O–H groups in total. The summed E-state index contributed by atoms with van der Waals surface area (Å²) in [5.41, 5.74) is 4.31. The summed E-state index contributed by atoms with van der Waals surface area (Å²) in [6.45, 7) is 0. The van der Waals surface area contributed by atoms with Crippen LogP contribution in [0.15, 0.2) is 72.2 Å². The number of aromatic nitrogens is 2. The Hall–Kier alpha value is -3.81. The zero-order chi connectivity index (χ0) is 17.6. The number of rotatable bonds is 5. The Kier molecular flexibility index (Phi) is 4.61. The van der Waals surface area contributed by atoms with Crippen molar-refractivity contribution in [3.63, 3.8) is 0 Å². The third-order valence-electron chi connectivity index (χ3n) is 3.41. The summed E-state index contributed by atoms with van der Waals surface area (Å²) < 4.78 is 1.80. The van der Waals surface area contributed by atoms with Crippen molar-refractivity contribution in [3.05, 3.63) is 88.5 Å². The van der Waals surface area contributed by atoms with Gasteiger partial charge in [0.05, 0.1) is 22.4 Å². The van der Waals surface area contributed by atoms with Crippen molar-refractivity contribution in [1.82, 2.24) is 15.0 Å². The fourth-order valence-electron chi connectivity index (χ4n) is 2.19. The van der Waals surface area contributed by atoms with E-state index in [2.05, 4.69) is 15.5 Å². The number of carbonyl (C=O) groups is 1. The second kappa shape index (κ2) is 7.18. The summed E-state index contributed by atoms with van der Waals surface area (Å²) in [4.78, 5) is 26.0. The van der Waals surface area contributed by atoms with Crippen LogP contribution in [-0.4, -0.2) is 26.6 Å². The molecule has 1 amide bonds. The predicted molar refractivity (Wildman–Crippen MR) is 91.7 cm³/mol. The number of nitrogens with one attached hydrogen (secondary N) is 1. The van der Waals surface area contributed by atoms with Crippen molar-refractivity contribution in [3.8, 4) is 5.69 Å². The van der Waals surface area contributed by atoms with Gasteiger partial charge in [0.2, 0.25) is 0 Å². The number of nitro benzene ring substituents is 1. The van der Waals surface area contributed by atoms with E-state index >= 15 is 0 Å². The quantitative estimate of drug-likeness (QED) is 0.439. The van der Waals surface area contributed by atoms with Crippen LogP contribution in [-0.2, 0) is 0 Å². The molecule has 0 radical (unpaired) electrons. The average molecular weight is 335 g/mol. The van der Waals surface area contributed by atoms with E-state index < -0.39 is 4.92 Å². The van der Waals surface area contributed by atoms with Gasteiger partial charge in [-0.3, -0.25) is 19.9 Å². The maximum atomic E-state index is 11.9. The molecular formula is C17H13N5O3. The molecule has 8 nitrogen and oxygen atoms in total. The van der Waals surface area contributed by atoms with Crippen LogP contribution in [0.2, 0.25) is 0 Å². The Morgan fingerprint density at radius 1 is 1.20 bits per heavy atom. The maximum Gasteiger partial charge on any atom is 0.272 e. The highest BCUT2D eigenvalue weighted by molar-refractivity contribution is 5.94. The first-order valence-corrected chi connectivity index (χ1v) is 7.31. The van der Waals surface area contributed by atoms with Crippen molar-refractivity contribution in [1.29, 1.82) is 0 Å². The fraction of sp³-hybridized carbons (Fsp3) is 0. The Morgan fingerprint density at radius 3 is 2.68 bits per heavy atom. The number of carbonyl (C=O) groups excluding carboxylic acids is 1. The number of non-ortho nitro benzene ring substituents is 1. The van der Waals surface area contributed by atoms with E-state index in [1.54, 1.807) is 47.3 Å². The number of benzene rings is 1. The molecule has 3 aromatic rings. The van der Waals surface area contributed by atoms with Crippen LogP contribution in [0, 0.1) is 10.1 Å². The molecule has 0 bridgehead atoms. The minimum atomic E-state index is -0.449. The second-order valence-corrected chi connectivity index (χ2v) is 5.02. The highest BCUT2D eigenvalue weighted by Crippen LogP contribution is 2.16. The zero-order valence-corrected chi connectivity index (χ0v) is 12.9. The van der Waals surface area contributed by atoms with Gasteiger partial charge in [0.25, 0.3) is 11.6 Å². The molecular weight excluding hydrogens is 322 g/mol. The molecule has 25 heavy (non-hydrogen) atoms. The van der Waals surface area contributed by atoms with Gasteiger partial charge in [-0.1, -0.05) is 0 Å². The summed E-state index contributed by atoms with van der Waals surface area (Å²) in [7, 11) is 0. The zero-order valence-electron chi connectivity index (χ0n) is 12.9. The van der Waals surface area contributed by atoms with E-state index in [-0.39, 0.29) is 11.6 Å². The third-order valence-corrected chi connectivity index (χ3v) is 3.41. The monoisotopic (exact) mass is 335 g/mol. The second-order valence-electron chi connectivity index (χ2n) is 5.02. The highest BCUT2D eigenvalue weighted by Gasteiger charge is 2.07. The summed E-state index contributed by atoms with van der Waals surface area (Å²) in [6.07, 6.45) is 6.32. The molecule has 0 aliphatic heterocycles. The molecule has 1 aromatic carbocycles. The lowest BCUT2D eigenvalue weighted by molar-refractivity contribution is -0.384. The largest absolute Gasteiger partial charge is 0.316 e. The van der Waals surface area contributed by atoms with Crippen LogP contribution in [0.3, 0.4) is 0 Å². The molecule has 8 heteroatoms. The lowest BCUT2D eigenvalue weighted by Gasteiger charge is -2.06. The predicted octanol–water partition coefficient (Wildman–Crippen LogP) is 2.54. The van der Waals surface area contributed by atoms with E-state index in [9.17, 15) is 14.9 Å². The molecule has 0 aliphatic carbocycles.